The number of nitrogens with zero attached hydrogens (tertiary/aromatic N) is 2. The molecule has 1 atom stereocenters. The molecular weight excluding hydrogens is 629 g/mol. The van der Waals surface area contributed by atoms with Gasteiger partial charge in [0.15, 0.2) is 0 Å². The number of aromatic hydroxyl groups is 2. The third-order valence-electron chi connectivity index (χ3n) is 10.8. The Morgan fingerprint density at radius 3 is 1.71 bits per heavy atom. The Hall–Kier alpha value is -5.78. The molecule has 0 saturated carbocycles. The molecule has 0 spiro atoms. The molecule has 51 heavy (non-hydrogen) atoms. The van der Waals surface area contributed by atoms with E-state index in [0.717, 1.165) is 50.1 Å². The van der Waals surface area contributed by atoms with Crippen molar-refractivity contribution in [3.8, 4) is 44.9 Å². The summed E-state index contributed by atoms with van der Waals surface area (Å²) in [5.74, 6) is 0.233. The van der Waals surface area contributed by atoms with Gasteiger partial charge in [-0.05, 0) is 131 Å². The fourth-order valence-electron chi connectivity index (χ4n) is 8.28. The minimum Gasteiger partial charge on any atom is -0.507 e. The number of aliphatic hydroxyl groups is 1. The Balaban J connectivity index is 1.22. The number of phenolic OH excluding ortho intramolecular Hbond substituents is 2. The number of hydrogen-bond acceptors (Lipinski definition) is 5. The summed E-state index contributed by atoms with van der Waals surface area (Å²) in [5, 5.41) is 33.9. The largest absolute Gasteiger partial charge is 0.507 e. The van der Waals surface area contributed by atoms with Crippen molar-refractivity contribution in [2.24, 2.45) is 9.98 Å². The van der Waals surface area contributed by atoms with Gasteiger partial charge >= 0.3 is 0 Å². The molecule has 0 radical (unpaired) electrons. The average Bonchev–Trinajstić information content (AvgIpc) is 3.44. The van der Waals surface area contributed by atoms with Gasteiger partial charge in [-0.2, -0.15) is 0 Å². The fraction of sp³-hybridized carbons (Fsp3) is 0.174. The number of aryl methyl sites for hydroxylation is 3. The van der Waals surface area contributed by atoms with Crippen LogP contribution in [0.4, 0.5) is 11.4 Å². The van der Waals surface area contributed by atoms with Gasteiger partial charge in [0, 0.05) is 29.0 Å². The summed E-state index contributed by atoms with van der Waals surface area (Å²) in [7, 11) is 0. The molecule has 0 aliphatic heterocycles. The molecule has 2 aliphatic carbocycles. The molecule has 0 heterocycles. The normalized spacial score (nSPS) is 16.8. The Bertz CT molecular complexity index is 2460. The molecule has 0 amide bonds. The zero-order valence-electron chi connectivity index (χ0n) is 29.7. The lowest BCUT2D eigenvalue weighted by atomic mass is 9.82. The molecule has 5 nitrogen and oxygen atoms in total. The van der Waals surface area contributed by atoms with Crippen LogP contribution in [0.5, 0.6) is 11.5 Å². The van der Waals surface area contributed by atoms with E-state index < -0.39 is 5.60 Å². The van der Waals surface area contributed by atoms with E-state index in [1.165, 1.54) is 22.3 Å². The van der Waals surface area contributed by atoms with Crippen molar-refractivity contribution in [3.05, 3.63) is 153 Å². The molecular formula is C46H40N2O3. The smallest absolute Gasteiger partial charge is 0.124 e. The quantitative estimate of drug-likeness (QED) is 0.160. The minimum absolute atomic E-state index is 0.0723. The van der Waals surface area contributed by atoms with Crippen LogP contribution >= 0.6 is 0 Å². The van der Waals surface area contributed by atoms with E-state index in [-0.39, 0.29) is 16.9 Å². The highest BCUT2D eigenvalue weighted by Gasteiger charge is 2.38. The van der Waals surface area contributed by atoms with Crippen LogP contribution in [0.25, 0.3) is 33.4 Å². The van der Waals surface area contributed by atoms with E-state index in [9.17, 15) is 15.3 Å². The first-order valence-corrected chi connectivity index (χ1v) is 17.3. The topological polar surface area (TPSA) is 85.4 Å². The molecule has 0 bridgehead atoms. The molecule has 252 valence electrons. The Morgan fingerprint density at radius 1 is 0.529 bits per heavy atom. The molecule has 8 rings (SSSR count). The van der Waals surface area contributed by atoms with Gasteiger partial charge in [0.25, 0.3) is 0 Å². The molecule has 6 aromatic carbocycles. The predicted octanol–water partition coefficient (Wildman–Crippen LogP) is 10.7. The molecule has 2 aliphatic rings. The third kappa shape index (κ3) is 5.19. The number of benzene rings is 6. The van der Waals surface area contributed by atoms with Crippen molar-refractivity contribution in [1.29, 1.82) is 0 Å². The number of fused-ring (bicyclic) bond motifs is 6. The monoisotopic (exact) mass is 668 g/mol. The first-order chi connectivity index (χ1) is 24.3. The molecule has 0 saturated heterocycles. The van der Waals surface area contributed by atoms with Crippen molar-refractivity contribution in [1.82, 2.24) is 0 Å². The zero-order chi connectivity index (χ0) is 35.8. The van der Waals surface area contributed by atoms with Gasteiger partial charge in [0.1, 0.15) is 17.1 Å². The summed E-state index contributed by atoms with van der Waals surface area (Å²) in [6, 6.07) is 33.9. The standard InChI is InChI=1S/C46H40N2O3/c1-26-17-27(2)44(28(3)18-26)29-15-16-40(47-24-30-19-38-34(22-42(30)49)32-11-7-9-13-36(32)45(38,4)5)41(21-29)48-25-31-20-39-35(23-43(31)50)33-12-8-10-14-37(33)46(39,6)51/h7-25,49-51H,1-6H3/b47-24+,48-25+. The molecule has 6 aromatic rings. The van der Waals surface area contributed by atoms with Gasteiger partial charge < -0.3 is 15.3 Å². The van der Waals surface area contributed by atoms with Crippen molar-refractivity contribution in [3.63, 3.8) is 0 Å². The second kappa shape index (κ2) is 11.6. The van der Waals surface area contributed by atoms with Crippen LogP contribution in [0.2, 0.25) is 0 Å². The second-order valence-corrected chi connectivity index (χ2v) is 14.7. The Morgan fingerprint density at radius 2 is 1.06 bits per heavy atom. The highest BCUT2D eigenvalue weighted by molar-refractivity contribution is 5.94. The van der Waals surface area contributed by atoms with Gasteiger partial charge in [0.05, 0.1) is 11.4 Å². The first kappa shape index (κ1) is 32.4. The van der Waals surface area contributed by atoms with E-state index in [4.69, 9.17) is 9.98 Å². The summed E-state index contributed by atoms with van der Waals surface area (Å²) < 4.78 is 0. The van der Waals surface area contributed by atoms with E-state index in [1.54, 1.807) is 25.4 Å². The third-order valence-corrected chi connectivity index (χ3v) is 10.8. The van der Waals surface area contributed by atoms with Crippen LogP contribution in [0.1, 0.15) is 70.8 Å². The van der Waals surface area contributed by atoms with Crippen LogP contribution in [0, 0.1) is 20.8 Å². The van der Waals surface area contributed by atoms with Crippen LogP contribution in [-0.2, 0) is 11.0 Å². The van der Waals surface area contributed by atoms with Crippen molar-refractivity contribution in [2.45, 2.75) is 52.6 Å². The highest BCUT2D eigenvalue weighted by Crippen LogP contribution is 2.51. The Labute approximate surface area is 299 Å². The molecule has 0 aromatic heterocycles. The maximum Gasteiger partial charge on any atom is 0.124 e. The predicted molar refractivity (Wildman–Crippen MR) is 208 cm³/mol. The molecule has 5 heteroatoms. The van der Waals surface area contributed by atoms with Gasteiger partial charge in [-0.25, -0.2) is 0 Å². The zero-order valence-corrected chi connectivity index (χ0v) is 29.7. The van der Waals surface area contributed by atoms with Crippen molar-refractivity contribution < 1.29 is 15.3 Å². The average molecular weight is 669 g/mol. The summed E-state index contributed by atoms with van der Waals surface area (Å²) in [5.41, 5.74) is 14.4. The van der Waals surface area contributed by atoms with E-state index in [0.29, 0.717) is 22.5 Å². The van der Waals surface area contributed by atoms with Gasteiger partial charge in [-0.1, -0.05) is 86.1 Å². The fourth-order valence-corrected chi connectivity index (χ4v) is 8.28. The lowest BCUT2D eigenvalue weighted by Gasteiger charge is -2.21. The summed E-state index contributed by atoms with van der Waals surface area (Å²) in [6.07, 6.45) is 3.33. The van der Waals surface area contributed by atoms with Crippen LogP contribution in [0.15, 0.2) is 113 Å². The Kier molecular flexibility index (Phi) is 7.40. The second-order valence-electron chi connectivity index (χ2n) is 14.7. The maximum atomic E-state index is 11.6. The summed E-state index contributed by atoms with van der Waals surface area (Å²) in [4.78, 5) is 9.82. The van der Waals surface area contributed by atoms with Crippen LogP contribution < -0.4 is 0 Å². The van der Waals surface area contributed by atoms with Gasteiger partial charge in [0.2, 0.25) is 0 Å². The maximum absolute atomic E-state index is 11.6. The lowest BCUT2D eigenvalue weighted by molar-refractivity contribution is 0.107. The summed E-state index contributed by atoms with van der Waals surface area (Å²) >= 11 is 0. The number of rotatable bonds is 5. The van der Waals surface area contributed by atoms with Crippen molar-refractivity contribution >= 4 is 23.8 Å². The van der Waals surface area contributed by atoms with E-state index in [1.807, 2.05) is 60.7 Å². The number of phenols is 2. The number of aliphatic imine (C=N–C) groups is 2. The van der Waals surface area contributed by atoms with Crippen molar-refractivity contribution in [2.75, 3.05) is 0 Å². The number of hydrogen-bond donors (Lipinski definition) is 3. The first-order valence-electron chi connectivity index (χ1n) is 17.3. The SMILES string of the molecule is Cc1cc(C)c(-c2ccc(/N=C/c3cc4c(cc3O)-c3ccccc3C4(C)C)c(/N=C/c3cc4c(cc3O)-c3ccccc3C4(C)O)c2)c(C)c1. The highest BCUT2D eigenvalue weighted by atomic mass is 16.3. The molecule has 3 N–H and O–H groups in total. The molecule has 0 fully saturated rings. The van der Waals surface area contributed by atoms with E-state index >= 15 is 0 Å². The van der Waals surface area contributed by atoms with Crippen LogP contribution in [-0.4, -0.2) is 27.7 Å². The lowest BCUT2D eigenvalue weighted by Crippen LogP contribution is -2.19. The van der Waals surface area contributed by atoms with Gasteiger partial charge in [-0.3, -0.25) is 9.98 Å². The van der Waals surface area contributed by atoms with Gasteiger partial charge in [-0.15, -0.1) is 0 Å². The summed E-state index contributed by atoms with van der Waals surface area (Å²) in [6.45, 7) is 12.5. The van der Waals surface area contributed by atoms with E-state index in [2.05, 4.69) is 71.0 Å². The van der Waals surface area contributed by atoms with Crippen LogP contribution in [0.3, 0.4) is 0 Å². The minimum atomic E-state index is -1.20. The molecule has 1 unspecified atom stereocenters.